The highest BCUT2D eigenvalue weighted by Gasteiger charge is 2.65. The first-order valence-corrected chi connectivity index (χ1v) is 15.1. The monoisotopic (exact) mass is 671 g/mol. The molecule has 3 aromatic rings. The standard InChI is InChI=1S/C9H10F3N.C7H6F3N.C6H6F5NS.C5H12.C2H6/c10-9(11,12)8-3-1-7(2-4-8)5-6-13;8-7(9,10)5-1-3-6(11)4-2-5;7-13(8,9,10,11)6-3-1-5(12)2-4-6;1-4-5(2)3;1-2/h1-4H,5-6,13H2;1-4H,11H2;1-4H,12H2;5H,4H2,1-3H3;1-2H3. The lowest BCUT2D eigenvalue weighted by Gasteiger charge is -2.40. The van der Waals surface area contributed by atoms with Crippen molar-refractivity contribution in [2.24, 2.45) is 11.7 Å². The van der Waals surface area contributed by atoms with Crippen molar-refractivity contribution in [3.8, 4) is 0 Å². The molecule has 3 aromatic carbocycles. The third kappa shape index (κ3) is 19.2. The molecule has 0 aliphatic carbocycles. The van der Waals surface area contributed by atoms with Gasteiger partial charge in [-0.3, -0.25) is 0 Å². The molecular weight excluding hydrogens is 631 g/mol. The summed E-state index contributed by atoms with van der Waals surface area (Å²) in [6.45, 7) is 11.1. The van der Waals surface area contributed by atoms with Crippen LogP contribution >= 0.6 is 10.2 Å². The number of alkyl halides is 6. The van der Waals surface area contributed by atoms with Gasteiger partial charge in [0.15, 0.2) is 0 Å². The minimum atomic E-state index is -9.51. The zero-order valence-electron chi connectivity index (χ0n) is 24.9. The summed E-state index contributed by atoms with van der Waals surface area (Å²) in [5, 5.41) is 0. The molecule has 0 spiro atoms. The molecule has 0 saturated heterocycles. The van der Waals surface area contributed by atoms with E-state index in [1.54, 1.807) is 0 Å². The molecule has 3 nitrogen and oxygen atoms in total. The number of rotatable bonds is 4. The van der Waals surface area contributed by atoms with E-state index in [0.717, 1.165) is 47.9 Å². The van der Waals surface area contributed by atoms with Crippen molar-refractivity contribution in [1.29, 1.82) is 0 Å². The number of nitrogens with two attached hydrogens (primary N) is 3. The number of anilines is 2. The van der Waals surface area contributed by atoms with Crippen molar-refractivity contribution < 1.29 is 45.8 Å². The van der Waals surface area contributed by atoms with Gasteiger partial charge in [0.05, 0.1) is 11.1 Å². The quantitative estimate of drug-likeness (QED) is 0.191. The molecule has 6 N–H and O–H groups in total. The molecule has 0 fully saturated rings. The van der Waals surface area contributed by atoms with Crippen LogP contribution in [0.15, 0.2) is 77.7 Å². The first-order valence-electron chi connectivity index (χ1n) is 13.2. The maximum absolute atomic E-state index is 12.1. The Morgan fingerprint density at radius 1 is 0.614 bits per heavy atom. The number of benzene rings is 3. The minimum Gasteiger partial charge on any atom is -0.399 e. The Kier molecular flexibility index (Phi) is 16.3. The fourth-order valence-electron chi connectivity index (χ4n) is 2.42. The number of hydrogen-bond acceptors (Lipinski definition) is 3. The van der Waals surface area contributed by atoms with E-state index in [9.17, 15) is 45.8 Å². The Labute approximate surface area is 251 Å². The molecule has 0 atom stereocenters. The Balaban J connectivity index is 0. The highest BCUT2D eigenvalue weighted by Crippen LogP contribution is 3.02. The summed E-state index contributed by atoms with van der Waals surface area (Å²) >= 11 is 0. The fourth-order valence-corrected chi connectivity index (χ4v) is 3.07. The van der Waals surface area contributed by atoms with Gasteiger partial charge in [0.2, 0.25) is 0 Å². The zero-order chi connectivity index (χ0) is 35.1. The summed E-state index contributed by atoms with van der Waals surface area (Å²) < 4.78 is 132. The van der Waals surface area contributed by atoms with Gasteiger partial charge in [0.1, 0.15) is 4.90 Å². The predicted octanol–water partition coefficient (Wildman–Crippen LogP) is 11.5. The molecule has 0 bridgehead atoms. The molecule has 0 aliphatic heterocycles. The van der Waals surface area contributed by atoms with Gasteiger partial charge in [0, 0.05) is 11.4 Å². The molecular formula is C29H40F11N3S. The molecule has 0 aliphatic rings. The van der Waals surface area contributed by atoms with E-state index in [1.807, 2.05) is 13.8 Å². The smallest absolute Gasteiger partial charge is 0.399 e. The second kappa shape index (κ2) is 16.8. The maximum Gasteiger partial charge on any atom is 0.416 e. The third-order valence-corrected chi connectivity index (χ3v) is 6.26. The van der Waals surface area contributed by atoms with E-state index < -0.39 is 38.6 Å². The molecule has 254 valence electrons. The van der Waals surface area contributed by atoms with Crippen LogP contribution in [0.2, 0.25) is 0 Å². The van der Waals surface area contributed by atoms with Gasteiger partial charge in [-0.05, 0) is 85.1 Å². The maximum atomic E-state index is 12.1. The summed E-state index contributed by atoms with van der Waals surface area (Å²) in [4.78, 5) is -1.92. The third-order valence-electron chi connectivity index (χ3n) is 5.09. The normalized spacial score (nSPS) is 12.8. The Hall–Kier alpha value is -3.20. The molecule has 15 heteroatoms. The molecule has 0 amide bonds. The Bertz CT molecular complexity index is 1190. The van der Waals surface area contributed by atoms with Crippen molar-refractivity contribution in [3.05, 3.63) is 89.5 Å². The van der Waals surface area contributed by atoms with E-state index in [-0.39, 0.29) is 17.8 Å². The van der Waals surface area contributed by atoms with E-state index in [2.05, 4.69) is 20.8 Å². The lowest BCUT2D eigenvalue weighted by Crippen LogP contribution is -2.06. The topological polar surface area (TPSA) is 78.1 Å². The first kappa shape index (κ1) is 42.9. The van der Waals surface area contributed by atoms with Crippen LogP contribution in [0.25, 0.3) is 0 Å². The summed E-state index contributed by atoms with van der Waals surface area (Å²) in [6.07, 6.45) is -6.60. The van der Waals surface area contributed by atoms with Crippen LogP contribution in [0.4, 0.5) is 57.1 Å². The lowest BCUT2D eigenvalue weighted by atomic mass is 10.1. The first-order chi connectivity index (χ1) is 19.8. The van der Waals surface area contributed by atoms with Gasteiger partial charge < -0.3 is 17.2 Å². The second-order valence-electron chi connectivity index (χ2n) is 9.19. The molecule has 0 unspecified atom stereocenters. The van der Waals surface area contributed by atoms with E-state index in [1.165, 1.54) is 30.7 Å². The largest absolute Gasteiger partial charge is 0.416 e. The van der Waals surface area contributed by atoms with Gasteiger partial charge in [-0.1, -0.05) is 72.6 Å². The molecule has 0 radical (unpaired) electrons. The molecule has 44 heavy (non-hydrogen) atoms. The highest BCUT2D eigenvalue weighted by atomic mass is 32.5. The Morgan fingerprint density at radius 2 is 0.909 bits per heavy atom. The molecule has 0 aromatic heterocycles. The Morgan fingerprint density at radius 3 is 1.16 bits per heavy atom. The van der Waals surface area contributed by atoms with E-state index in [0.29, 0.717) is 18.7 Å². The number of hydrogen-bond donors (Lipinski definition) is 3. The van der Waals surface area contributed by atoms with Crippen molar-refractivity contribution in [2.45, 2.75) is 64.7 Å². The van der Waals surface area contributed by atoms with Crippen molar-refractivity contribution >= 4 is 21.6 Å². The van der Waals surface area contributed by atoms with E-state index in [4.69, 9.17) is 17.2 Å². The van der Waals surface area contributed by atoms with Gasteiger partial charge in [0.25, 0.3) is 0 Å². The predicted molar refractivity (Wildman–Crippen MR) is 159 cm³/mol. The summed E-state index contributed by atoms with van der Waals surface area (Å²) in [6, 6.07) is 11.5. The van der Waals surface area contributed by atoms with Crippen LogP contribution in [-0.2, 0) is 18.8 Å². The van der Waals surface area contributed by atoms with Crippen LogP contribution in [0.1, 0.15) is 57.7 Å². The van der Waals surface area contributed by atoms with Crippen molar-refractivity contribution in [1.82, 2.24) is 0 Å². The zero-order valence-corrected chi connectivity index (χ0v) is 25.7. The van der Waals surface area contributed by atoms with Crippen molar-refractivity contribution in [2.75, 3.05) is 18.0 Å². The van der Waals surface area contributed by atoms with Crippen LogP contribution < -0.4 is 17.2 Å². The summed E-state index contributed by atoms with van der Waals surface area (Å²) in [5.74, 6) is 0.884. The lowest BCUT2D eigenvalue weighted by molar-refractivity contribution is -0.138. The minimum absolute atomic E-state index is 0.00519. The summed E-state index contributed by atoms with van der Waals surface area (Å²) in [5.41, 5.74) is 15.4. The van der Waals surface area contributed by atoms with Gasteiger partial charge in [-0.25, -0.2) is 0 Å². The number of nitrogen functional groups attached to an aromatic ring is 2. The van der Waals surface area contributed by atoms with Gasteiger partial charge in [-0.15, -0.1) is 0 Å². The van der Waals surface area contributed by atoms with Gasteiger partial charge >= 0.3 is 22.6 Å². The average Bonchev–Trinajstić information content (AvgIpc) is 2.89. The average molecular weight is 672 g/mol. The SMILES string of the molecule is CC.CCC(C)C.NCCc1ccc(C(F)(F)F)cc1.Nc1ccc(C(F)(F)F)cc1.Nc1ccc(S(F)(F)(F)(F)F)cc1. The number of halogens is 11. The van der Waals surface area contributed by atoms with Crippen LogP contribution in [0.5, 0.6) is 0 Å². The van der Waals surface area contributed by atoms with Crippen LogP contribution in [0, 0.1) is 5.92 Å². The van der Waals surface area contributed by atoms with Crippen LogP contribution in [-0.4, -0.2) is 6.54 Å². The molecule has 0 saturated carbocycles. The van der Waals surface area contributed by atoms with E-state index >= 15 is 0 Å². The van der Waals surface area contributed by atoms with Crippen LogP contribution in [0.3, 0.4) is 0 Å². The second-order valence-corrected chi connectivity index (χ2v) is 11.6. The highest BCUT2D eigenvalue weighted by molar-refractivity contribution is 8.45. The molecule has 3 rings (SSSR count). The molecule has 0 heterocycles. The van der Waals surface area contributed by atoms with Crippen molar-refractivity contribution in [3.63, 3.8) is 0 Å². The fraction of sp³-hybridized carbons (Fsp3) is 0.379. The van der Waals surface area contributed by atoms with Gasteiger partial charge in [-0.2, -0.15) is 26.3 Å². The summed E-state index contributed by atoms with van der Waals surface area (Å²) in [7, 11) is -9.51.